The van der Waals surface area contributed by atoms with Crippen LogP contribution in [0.5, 0.6) is 0 Å². The second kappa shape index (κ2) is 13.5. The van der Waals surface area contributed by atoms with Crippen LogP contribution in [0.2, 0.25) is 0 Å². The van der Waals surface area contributed by atoms with E-state index >= 15 is 0 Å². The van der Waals surface area contributed by atoms with Gasteiger partial charge in [-0.2, -0.15) is 0 Å². The van der Waals surface area contributed by atoms with Gasteiger partial charge in [0.05, 0.1) is 11.5 Å². The van der Waals surface area contributed by atoms with Gasteiger partial charge >= 0.3 is 11.9 Å². The van der Waals surface area contributed by atoms with Gasteiger partial charge in [0.1, 0.15) is 6.73 Å². The largest absolute Gasteiger partial charge is 0.444 e. The first kappa shape index (κ1) is 30.8. The topological polar surface area (TPSA) is 68.3 Å². The lowest BCUT2D eigenvalue weighted by atomic mass is 9.98. The Morgan fingerprint density at radius 2 is 1.31 bits per heavy atom. The molecule has 0 unspecified atom stereocenters. The van der Waals surface area contributed by atoms with Crippen LogP contribution < -0.4 is 0 Å². The van der Waals surface area contributed by atoms with E-state index < -0.39 is 11.4 Å². The summed E-state index contributed by atoms with van der Waals surface area (Å²) in [6.45, 7) is 18.6. The van der Waals surface area contributed by atoms with Crippen LogP contribution in [0, 0.1) is 5.92 Å². The van der Waals surface area contributed by atoms with Crippen LogP contribution in [-0.4, -0.2) is 66.2 Å². The molecule has 0 amide bonds. The van der Waals surface area contributed by atoms with Gasteiger partial charge in [-0.3, -0.25) is 14.5 Å². The molecule has 0 aromatic rings. The quantitative estimate of drug-likeness (QED) is 0.247. The van der Waals surface area contributed by atoms with Gasteiger partial charge < -0.3 is 14.2 Å². The SMILES string of the molecule is CCCC(CCC)C(=O)OC(C)(C)N(C)CCCC(=O)OC(C)(C)N(C)COC(C)(C)C. The summed E-state index contributed by atoms with van der Waals surface area (Å²) in [5.74, 6) is -0.437. The fourth-order valence-corrected chi connectivity index (χ4v) is 3.07. The second-order valence-electron chi connectivity index (χ2n) is 10.7. The summed E-state index contributed by atoms with van der Waals surface area (Å²) in [6, 6.07) is 0. The lowest BCUT2D eigenvalue weighted by molar-refractivity contribution is -0.192. The molecule has 0 saturated heterocycles. The molecule has 0 N–H and O–H groups in total. The van der Waals surface area contributed by atoms with Crippen LogP contribution in [-0.2, 0) is 23.8 Å². The number of rotatable bonds is 15. The van der Waals surface area contributed by atoms with Crippen molar-refractivity contribution in [2.75, 3.05) is 27.4 Å². The highest BCUT2D eigenvalue weighted by atomic mass is 16.6. The Balaban J connectivity index is 4.59. The molecule has 0 aliphatic heterocycles. The highest BCUT2D eigenvalue weighted by Crippen LogP contribution is 2.22. The zero-order valence-electron chi connectivity index (χ0n) is 22.7. The Morgan fingerprint density at radius 1 is 0.812 bits per heavy atom. The summed E-state index contributed by atoms with van der Waals surface area (Å²) >= 11 is 0. The van der Waals surface area contributed by atoms with Gasteiger partial charge in [-0.1, -0.05) is 26.7 Å². The maximum atomic E-state index is 12.6. The predicted octanol–water partition coefficient (Wildman–Crippen LogP) is 5.18. The zero-order valence-corrected chi connectivity index (χ0v) is 22.7. The highest BCUT2D eigenvalue weighted by molar-refractivity contribution is 5.72. The van der Waals surface area contributed by atoms with Gasteiger partial charge in [-0.25, -0.2) is 4.90 Å². The molecule has 32 heavy (non-hydrogen) atoms. The Morgan fingerprint density at radius 3 is 1.78 bits per heavy atom. The molecule has 7 nitrogen and oxygen atoms in total. The van der Waals surface area contributed by atoms with E-state index in [4.69, 9.17) is 14.2 Å². The van der Waals surface area contributed by atoms with Gasteiger partial charge in [-0.15, -0.1) is 0 Å². The summed E-state index contributed by atoms with van der Waals surface area (Å²) in [5, 5.41) is 0. The van der Waals surface area contributed by atoms with Gasteiger partial charge in [0.15, 0.2) is 11.4 Å². The van der Waals surface area contributed by atoms with Crippen molar-refractivity contribution in [2.45, 2.75) is 118 Å². The second-order valence-corrected chi connectivity index (χ2v) is 10.7. The molecule has 0 aromatic heterocycles. The van der Waals surface area contributed by atoms with Crippen molar-refractivity contribution >= 4 is 11.9 Å². The Kier molecular flexibility index (Phi) is 13.0. The van der Waals surface area contributed by atoms with Crippen LogP contribution >= 0.6 is 0 Å². The Hall–Kier alpha value is -1.18. The third kappa shape index (κ3) is 12.2. The average Bonchev–Trinajstić information content (AvgIpc) is 2.64. The summed E-state index contributed by atoms with van der Waals surface area (Å²) < 4.78 is 17.3. The van der Waals surface area contributed by atoms with E-state index in [0.717, 1.165) is 25.7 Å². The van der Waals surface area contributed by atoms with Crippen molar-refractivity contribution in [1.82, 2.24) is 9.80 Å². The minimum Gasteiger partial charge on any atom is -0.444 e. The van der Waals surface area contributed by atoms with Crippen LogP contribution in [0.4, 0.5) is 0 Å². The smallest absolute Gasteiger partial charge is 0.310 e. The normalized spacial score (nSPS) is 13.2. The monoisotopic (exact) mass is 458 g/mol. The summed E-state index contributed by atoms with van der Waals surface area (Å²) in [5.41, 5.74) is -1.76. The number of esters is 2. The number of hydrogen-bond acceptors (Lipinski definition) is 7. The maximum Gasteiger partial charge on any atom is 0.310 e. The van der Waals surface area contributed by atoms with Crippen molar-refractivity contribution in [3.63, 3.8) is 0 Å². The van der Waals surface area contributed by atoms with E-state index in [0.29, 0.717) is 26.1 Å². The van der Waals surface area contributed by atoms with Crippen molar-refractivity contribution in [1.29, 1.82) is 0 Å². The molecule has 0 spiro atoms. The van der Waals surface area contributed by atoms with E-state index in [1.54, 1.807) is 0 Å². The number of ether oxygens (including phenoxy) is 3. The fourth-order valence-electron chi connectivity index (χ4n) is 3.07. The van der Waals surface area contributed by atoms with Crippen molar-refractivity contribution < 1.29 is 23.8 Å². The van der Waals surface area contributed by atoms with E-state index in [1.165, 1.54) is 0 Å². The molecular weight excluding hydrogens is 408 g/mol. The van der Waals surface area contributed by atoms with Gasteiger partial charge in [-0.05, 0) is 81.8 Å². The molecule has 0 aromatic carbocycles. The molecule has 0 aliphatic carbocycles. The van der Waals surface area contributed by atoms with E-state index in [1.807, 2.05) is 72.4 Å². The van der Waals surface area contributed by atoms with Crippen LogP contribution in [0.3, 0.4) is 0 Å². The number of carbonyl (C=O) groups is 2. The zero-order chi connectivity index (χ0) is 25.2. The summed E-state index contributed by atoms with van der Waals surface area (Å²) in [4.78, 5) is 28.9. The fraction of sp³-hybridized carbons (Fsp3) is 0.920. The highest BCUT2D eigenvalue weighted by Gasteiger charge is 2.32. The first-order chi connectivity index (χ1) is 14.6. The molecular formula is C25H50N2O5. The molecule has 0 fully saturated rings. The lowest BCUT2D eigenvalue weighted by Gasteiger charge is -2.37. The Bertz CT molecular complexity index is 563. The minimum absolute atomic E-state index is 0.0471. The molecule has 0 rings (SSSR count). The lowest BCUT2D eigenvalue weighted by Crippen LogP contribution is -2.47. The van der Waals surface area contributed by atoms with Crippen LogP contribution in [0.1, 0.15) is 101 Å². The first-order valence-electron chi connectivity index (χ1n) is 12.1. The third-order valence-electron chi connectivity index (χ3n) is 5.73. The van der Waals surface area contributed by atoms with Crippen molar-refractivity contribution in [3.8, 4) is 0 Å². The molecule has 0 saturated carbocycles. The number of hydrogen-bond donors (Lipinski definition) is 0. The van der Waals surface area contributed by atoms with Crippen LogP contribution in [0.25, 0.3) is 0 Å². The van der Waals surface area contributed by atoms with Gasteiger partial charge in [0.25, 0.3) is 0 Å². The molecule has 190 valence electrons. The standard InChI is InChI=1S/C25H50N2O5/c1-12-15-20(16-13-2)22(29)32-24(6,7)26(10)18-14-17-21(28)31-25(8,9)27(11)19-30-23(3,4)5/h20H,12-19H2,1-11H3. The predicted molar refractivity (Wildman–Crippen MR) is 129 cm³/mol. The minimum atomic E-state index is -0.767. The Labute approximate surface area is 197 Å². The van der Waals surface area contributed by atoms with E-state index in [2.05, 4.69) is 13.8 Å². The maximum absolute atomic E-state index is 12.6. The first-order valence-corrected chi connectivity index (χ1v) is 12.1. The van der Waals surface area contributed by atoms with E-state index in [9.17, 15) is 9.59 Å². The van der Waals surface area contributed by atoms with Gasteiger partial charge in [0, 0.05) is 13.0 Å². The average molecular weight is 459 g/mol. The summed E-state index contributed by atoms with van der Waals surface area (Å²) in [7, 11) is 3.78. The molecule has 0 aliphatic rings. The molecule has 0 radical (unpaired) electrons. The summed E-state index contributed by atoms with van der Waals surface area (Å²) in [6.07, 6.45) is 4.53. The number of nitrogens with zero attached hydrogens (tertiary/aromatic N) is 2. The number of carbonyl (C=O) groups excluding carboxylic acids is 2. The van der Waals surface area contributed by atoms with Crippen LogP contribution in [0.15, 0.2) is 0 Å². The van der Waals surface area contributed by atoms with E-state index in [-0.39, 0.29) is 23.5 Å². The van der Waals surface area contributed by atoms with Crippen molar-refractivity contribution in [2.24, 2.45) is 5.92 Å². The van der Waals surface area contributed by atoms with Crippen molar-refractivity contribution in [3.05, 3.63) is 0 Å². The van der Waals surface area contributed by atoms with Gasteiger partial charge in [0.2, 0.25) is 0 Å². The third-order valence-corrected chi connectivity index (χ3v) is 5.73. The molecule has 0 bridgehead atoms. The molecule has 7 heteroatoms. The molecule has 0 heterocycles. The molecule has 0 atom stereocenters.